The van der Waals surface area contributed by atoms with Crippen molar-refractivity contribution < 1.29 is 4.74 Å². The molecule has 0 unspecified atom stereocenters. The normalized spacial score (nSPS) is 16.2. The predicted octanol–water partition coefficient (Wildman–Crippen LogP) is 2.77. The topological polar surface area (TPSA) is 31.0 Å². The quantitative estimate of drug-likeness (QED) is 0.524. The summed E-state index contributed by atoms with van der Waals surface area (Å²) in [6.45, 7) is 16.3. The minimum Gasteiger partial charge on any atom is -0.497 e. The van der Waals surface area contributed by atoms with Gasteiger partial charge in [-0.3, -0.25) is 0 Å². The van der Waals surface area contributed by atoms with E-state index >= 15 is 0 Å². The van der Waals surface area contributed by atoms with Crippen molar-refractivity contribution in [1.82, 2.24) is 20.0 Å². The molecule has 0 saturated carbocycles. The number of nitrogens with zero attached hydrogens (tertiary/aromatic N) is 3. The van der Waals surface area contributed by atoms with Crippen molar-refractivity contribution in [3.05, 3.63) is 29.8 Å². The molecule has 160 valence electrons. The standard InChI is InChI=1S/C23H42N4O/c1-21(2)19-24-11-5-13-26-15-17-27(18-16-26)14-6-12-25(3)20-22-7-9-23(28-4)10-8-22/h7-10,21,24H,5-6,11-20H2,1-4H3. The van der Waals surface area contributed by atoms with Crippen LogP contribution < -0.4 is 10.1 Å². The van der Waals surface area contributed by atoms with Crippen LogP contribution in [0.5, 0.6) is 5.75 Å². The van der Waals surface area contributed by atoms with E-state index in [1.54, 1.807) is 7.11 Å². The predicted molar refractivity (Wildman–Crippen MR) is 119 cm³/mol. The SMILES string of the molecule is COc1ccc(CN(C)CCCN2CCN(CCCNCC(C)C)CC2)cc1. The first-order valence-corrected chi connectivity index (χ1v) is 11.0. The molecule has 0 aliphatic carbocycles. The fraction of sp³-hybridized carbons (Fsp3) is 0.739. The van der Waals surface area contributed by atoms with Gasteiger partial charge < -0.3 is 24.8 Å². The number of ether oxygens (including phenoxy) is 1. The maximum Gasteiger partial charge on any atom is 0.118 e. The van der Waals surface area contributed by atoms with Gasteiger partial charge in [-0.15, -0.1) is 0 Å². The van der Waals surface area contributed by atoms with Gasteiger partial charge in [-0.05, 0) is 76.2 Å². The Kier molecular flexibility index (Phi) is 10.9. The number of hydrogen-bond acceptors (Lipinski definition) is 5. The first-order valence-electron chi connectivity index (χ1n) is 11.0. The number of benzene rings is 1. The van der Waals surface area contributed by atoms with E-state index < -0.39 is 0 Å². The number of rotatable bonds is 13. The second-order valence-corrected chi connectivity index (χ2v) is 8.57. The average molecular weight is 391 g/mol. The minimum absolute atomic E-state index is 0.749. The van der Waals surface area contributed by atoms with Gasteiger partial charge in [0, 0.05) is 32.7 Å². The second-order valence-electron chi connectivity index (χ2n) is 8.57. The average Bonchev–Trinajstić information content (AvgIpc) is 2.69. The lowest BCUT2D eigenvalue weighted by atomic mass is 10.2. The van der Waals surface area contributed by atoms with E-state index in [9.17, 15) is 0 Å². The fourth-order valence-corrected chi connectivity index (χ4v) is 3.74. The summed E-state index contributed by atoms with van der Waals surface area (Å²) in [6, 6.07) is 8.41. The van der Waals surface area contributed by atoms with Gasteiger partial charge >= 0.3 is 0 Å². The summed E-state index contributed by atoms with van der Waals surface area (Å²) in [6.07, 6.45) is 2.51. The Morgan fingerprint density at radius 2 is 1.61 bits per heavy atom. The highest BCUT2D eigenvalue weighted by atomic mass is 16.5. The Balaban J connectivity index is 1.51. The van der Waals surface area contributed by atoms with Crippen LogP contribution in [0.25, 0.3) is 0 Å². The van der Waals surface area contributed by atoms with E-state index in [0.29, 0.717) is 0 Å². The lowest BCUT2D eigenvalue weighted by Gasteiger charge is -2.35. The third-order valence-electron chi connectivity index (χ3n) is 5.47. The van der Waals surface area contributed by atoms with Gasteiger partial charge in [-0.25, -0.2) is 0 Å². The third kappa shape index (κ3) is 9.37. The Labute approximate surface area is 173 Å². The highest BCUT2D eigenvalue weighted by molar-refractivity contribution is 5.27. The molecule has 1 aromatic rings. The molecule has 1 saturated heterocycles. The molecule has 28 heavy (non-hydrogen) atoms. The van der Waals surface area contributed by atoms with Crippen LogP contribution in [0.1, 0.15) is 32.3 Å². The van der Waals surface area contributed by atoms with Gasteiger partial charge in [0.25, 0.3) is 0 Å². The molecule has 1 aliphatic rings. The highest BCUT2D eigenvalue weighted by Gasteiger charge is 2.16. The maximum absolute atomic E-state index is 5.23. The number of methoxy groups -OCH3 is 1. The van der Waals surface area contributed by atoms with E-state index in [0.717, 1.165) is 37.8 Å². The molecule has 1 N–H and O–H groups in total. The molecule has 5 nitrogen and oxygen atoms in total. The molecule has 1 heterocycles. The molecule has 0 amide bonds. The van der Waals surface area contributed by atoms with E-state index in [1.807, 2.05) is 12.1 Å². The lowest BCUT2D eigenvalue weighted by Crippen LogP contribution is -2.47. The van der Waals surface area contributed by atoms with Crippen LogP contribution in [0.3, 0.4) is 0 Å². The summed E-state index contributed by atoms with van der Waals surface area (Å²) in [5, 5.41) is 3.55. The zero-order valence-electron chi connectivity index (χ0n) is 18.6. The minimum atomic E-state index is 0.749. The molecule has 1 aliphatic heterocycles. The number of nitrogens with one attached hydrogen (secondary N) is 1. The zero-order valence-corrected chi connectivity index (χ0v) is 18.6. The Morgan fingerprint density at radius 3 is 2.18 bits per heavy atom. The first kappa shape index (κ1) is 23.1. The van der Waals surface area contributed by atoms with Crippen LogP contribution in [-0.4, -0.2) is 87.8 Å². The van der Waals surface area contributed by atoms with Crippen LogP contribution in [0.2, 0.25) is 0 Å². The van der Waals surface area contributed by atoms with Gasteiger partial charge in [0.1, 0.15) is 5.75 Å². The molecule has 1 aromatic carbocycles. The monoisotopic (exact) mass is 390 g/mol. The van der Waals surface area contributed by atoms with Crippen molar-refractivity contribution in [2.45, 2.75) is 33.2 Å². The van der Waals surface area contributed by atoms with Crippen LogP contribution in [0.15, 0.2) is 24.3 Å². The summed E-state index contributed by atoms with van der Waals surface area (Å²) in [4.78, 5) is 7.68. The van der Waals surface area contributed by atoms with Gasteiger partial charge in [-0.2, -0.15) is 0 Å². The summed E-state index contributed by atoms with van der Waals surface area (Å²) in [5.41, 5.74) is 1.35. The van der Waals surface area contributed by atoms with Crippen molar-refractivity contribution in [3.63, 3.8) is 0 Å². The summed E-state index contributed by atoms with van der Waals surface area (Å²) < 4.78 is 5.23. The number of piperazine rings is 1. The fourth-order valence-electron chi connectivity index (χ4n) is 3.74. The third-order valence-corrected chi connectivity index (χ3v) is 5.47. The van der Waals surface area contributed by atoms with E-state index in [4.69, 9.17) is 4.74 Å². The van der Waals surface area contributed by atoms with E-state index in [1.165, 1.54) is 57.7 Å². The Hall–Kier alpha value is -1.14. The van der Waals surface area contributed by atoms with Gasteiger partial charge in [0.2, 0.25) is 0 Å². The molecule has 0 bridgehead atoms. The Morgan fingerprint density at radius 1 is 1.00 bits per heavy atom. The molecule has 2 rings (SSSR count). The van der Waals surface area contributed by atoms with Gasteiger partial charge in [0.05, 0.1) is 7.11 Å². The van der Waals surface area contributed by atoms with Crippen molar-refractivity contribution >= 4 is 0 Å². The highest BCUT2D eigenvalue weighted by Crippen LogP contribution is 2.12. The second kappa shape index (κ2) is 13.2. The van der Waals surface area contributed by atoms with E-state index in [-0.39, 0.29) is 0 Å². The lowest BCUT2D eigenvalue weighted by molar-refractivity contribution is 0.127. The largest absolute Gasteiger partial charge is 0.497 e. The number of hydrogen-bond donors (Lipinski definition) is 1. The molecular formula is C23H42N4O. The van der Waals surface area contributed by atoms with Crippen LogP contribution >= 0.6 is 0 Å². The molecule has 0 radical (unpaired) electrons. The van der Waals surface area contributed by atoms with Crippen molar-refractivity contribution in [1.29, 1.82) is 0 Å². The van der Waals surface area contributed by atoms with Crippen molar-refractivity contribution in [2.24, 2.45) is 5.92 Å². The molecular weight excluding hydrogens is 348 g/mol. The van der Waals surface area contributed by atoms with Crippen molar-refractivity contribution in [3.8, 4) is 5.75 Å². The molecule has 1 fully saturated rings. The first-order chi connectivity index (χ1) is 13.6. The summed E-state index contributed by atoms with van der Waals surface area (Å²) in [5.74, 6) is 1.68. The molecule has 0 aromatic heterocycles. The Bertz CT molecular complexity index is 512. The van der Waals surface area contributed by atoms with Crippen LogP contribution in [0, 0.1) is 5.92 Å². The summed E-state index contributed by atoms with van der Waals surface area (Å²) >= 11 is 0. The zero-order chi connectivity index (χ0) is 20.2. The molecule has 0 atom stereocenters. The van der Waals surface area contributed by atoms with Crippen molar-refractivity contribution in [2.75, 3.05) is 73.1 Å². The molecule has 0 spiro atoms. The van der Waals surface area contributed by atoms with Crippen LogP contribution in [-0.2, 0) is 6.54 Å². The smallest absolute Gasteiger partial charge is 0.118 e. The van der Waals surface area contributed by atoms with Crippen LogP contribution in [0.4, 0.5) is 0 Å². The van der Waals surface area contributed by atoms with Gasteiger partial charge in [-0.1, -0.05) is 26.0 Å². The summed E-state index contributed by atoms with van der Waals surface area (Å²) in [7, 11) is 3.93. The van der Waals surface area contributed by atoms with E-state index in [2.05, 4.69) is 53.0 Å². The maximum atomic E-state index is 5.23. The molecule has 5 heteroatoms. The van der Waals surface area contributed by atoms with Gasteiger partial charge in [0.15, 0.2) is 0 Å².